The third-order valence-corrected chi connectivity index (χ3v) is 5.17. The van der Waals surface area contributed by atoms with Gasteiger partial charge in [-0.15, -0.1) is 11.8 Å². The van der Waals surface area contributed by atoms with Crippen LogP contribution in [0.25, 0.3) is 0 Å². The summed E-state index contributed by atoms with van der Waals surface area (Å²) in [5.41, 5.74) is 5.33. The van der Waals surface area contributed by atoms with E-state index in [0.29, 0.717) is 16.7 Å². The molecule has 0 bridgehead atoms. The fourth-order valence-electron chi connectivity index (χ4n) is 2.61. The van der Waals surface area contributed by atoms with E-state index < -0.39 is 65.7 Å². The third-order valence-electron chi connectivity index (χ3n) is 3.84. The first-order chi connectivity index (χ1) is 13.6. The van der Waals surface area contributed by atoms with Gasteiger partial charge in [-0.3, -0.25) is 14.4 Å². The van der Waals surface area contributed by atoms with Crippen molar-refractivity contribution in [3.63, 3.8) is 0 Å². The minimum atomic E-state index is -3.24. The molecule has 9 nitrogen and oxygen atoms in total. The number of nitrogens with two attached hydrogens (primary N) is 1. The largest absolute Gasteiger partial charge is 0.480 e. The predicted octanol–water partition coefficient (Wildman–Crippen LogP) is -0.800. The number of hydrogen-bond donors (Lipinski definition) is 4. The van der Waals surface area contributed by atoms with Crippen LogP contribution in [0.1, 0.15) is 41.2 Å². The van der Waals surface area contributed by atoms with Crippen LogP contribution in [0.5, 0.6) is 0 Å². The van der Waals surface area contributed by atoms with Crippen molar-refractivity contribution in [1.29, 1.82) is 0 Å². The van der Waals surface area contributed by atoms with Gasteiger partial charge in [0.15, 0.2) is 0 Å². The van der Waals surface area contributed by atoms with Gasteiger partial charge >= 0.3 is 11.9 Å². The fourth-order valence-corrected chi connectivity index (χ4v) is 4.00. The van der Waals surface area contributed by atoms with Crippen molar-refractivity contribution in [2.45, 2.75) is 61.2 Å². The topological polar surface area (TPSA) is 150 Å². The monoisotopic (exact) mass is 365 g/mol. The smallest absolute Gasteiger partial charge is 0.327 e. The zero-order chi connectivity index (χ0) is 23.2. The Hall–Kier alpha value is -1.81. The Labute approximate surface area is 151 Å². The number of carboxylic acids is 2. The first kappa shape index (κ1) is 11.7. The average Bonchev–Trinajstić information content (AvgIpc) is 2.92. The molecule has 2 aliphatic rings. The second-order valence-electron chi connectivity index (χ2n) is 5.61. The first-order valence-electron chi connectivity index (χ1n) is 10.1. The summed E-state index contributed by atoms with van der Waals surface area (Å²) in [5.74, 6) is -4.55. The van der Waals surface area contributed by atoms with Crippen molar-refractivity contribution >= 4 is 35.5 Å². The van der Waals surface area contributed by atoms with Crippen LogP contribution in [-0.4, -0.2) is 67.1 Å². The number of β-lactam (4-membered cyclic amide) rings is 1. The number of aliphatic carboxylic acids is 2. The lowest BCUT2D eigenvalue weighted by atomic mass is 9.96. The lowest BCUT2D eigenvalue weighted by molar-refractivity contribution is -0.161. The highest BCUT2D eigenvalue weighted by Gasteiger charge is 2.64. The predicted molar refractivity (Wildman–Crippen MR) is 85.1 cm³/mol. The Kier molecular flexibility index (Phi) is 3.21. The first-order valence-corrected chi connectivity index (χ1v) is 7.95. The molecular weight excluding hydrogens is 338 g/mol. The van der Waals surface area contributed by atoms with E-state index in [0.717, 1.165) is 0 Å². The van der Waals surface area contributed by atoms with E-state index >= 15 is 0 Å². The van der Waals surface area contributed by atoms with Crippen molar-refractivity contribution in [3.8, 4) is 0 Å². The van der Waals surface area contributed by atoms with E-state index in [1.54, 1.807) is 0 Å². The van der Waals surface area contributed by atoms with Crippen LogP contribution in [0.4, 0.5) is 0 Å². The molecule has 4 atom stereocenters. The molecular formula is C14H21N3O6S. The molecule has 5 N–H and O–H groups in total. The molecule has 2 aliphatic heterocycles. The van der Waals surface area contributed by atoms with E-state index in [1.165, 1.54) is 0 Å². The standard InChI is InChI=1S/C14H21N3O6S/c1-14(2)9(13(22)23)17-10(19)8(11(17)24-14)16-7(18)5-3-4-6(15)12(20)21/h6,8-9,11H,3-5,15H2,1-2H3,(H,16,18)(H,20,21)(H,22,23)/t6-,8-,9+,11-/m1/s1/i1D3,2D3. The van der Waals surface area contributed by atoms with Gasteiger partial charge in [0.25, 0.3) is 0 Å². The number of amides is 2. The summed E-state index contributed by atoms with van der Waals surface area (Å²) < 4.78 is 43.5. The number of nitrogens with one attached hydrogen (secondary N) is 1. The minimum absolute atomic E-state index is 0.00790. The maximum atomic E-state index is 12.5. The Balaban J connectivity index is 2.18. The SMILES string of the molecule is [2H]C([2H])([2H])C1(C([2H])([2H])[2H])S[C@@H]2[C@H](NC(=O)CCC[C@@H](N)C(=O)O)C(=O)N2[C@H]1C(=O)O. The number of fused-ring (bicyclic) bond motifs is 1. The second-order valence-corrected chi connectivity index (χ2v) is 6.98. The normalized spacial score (nSPS) is 33.5. The van der Waals surface area contributed by atoms with Crippen molar-refractivity contribution in [3.05, 3.63) is 0 Å². The molecule has 2 heterocycles. The number of nitrogens with zero attached hydrogens (tertiary/aromatic N) is 1. The van der Waals surface area contributed by atoms with Crippen LogP contribution >= 0.6 is 11.8 Å². The lowest BCUT2D eigenvalue weighted by Gasteiger charge is -2.43. The molecule has 0 aliphatic carbocycles. The number of carbonyl (C=O) groups excluding carboxylic acids is 2. The summed E-state index contributed by atoms with van der Waals surface area (Å²) in [6.45, 7) is -6.49. The summed E-state index contributed by atoms with van der Waals surface area (Å²) in [7, 11) is 0. The molecule has 0 radical (unpaired) electrons. The van der Waals surface area contributed by atoms with Gasteiger partial charge in [-0.05, 0) is 26.5 Å². The quantitative estimate of drug-likeness (QED) is 0.428. The van der Waals surface area contributed by atoms with Crippen LogP contribution in [0, 0.1) is 0 Å². The number of hydrogen-bond acceptors (Lipinski definition) is 6. The van der Waals surface area contributed by atoms with Crippen molar-refractivity contribution in [2.24, 2.45) is 5.73 Å². The summed E-state index contributed by atoms with van der Waals surface area (Å²) in [6.07, 6.45) is -0.0594. The van der Waals surface area contributed by atoms with Crippen molar-refractivity contribution in [2.75, 3.05) is 0 Å². The van der Waals surface area contributed by atoms with E-state index in [2.05, 4.69) is 5.32 Å². The van der Waals surface area contributed by atoms with E-state index in [-0.39, 0.29) is 19.3 Å². The van der Waals surface area contributed by atoms with E-state index in [4.69, 9.17) is 19.1 Å². The van der Waals surface area contributed by atoms with Crippen LogP contribution in [0.15, 0.2) is 0 Å². The van der Waals surface area contributed by atoms with Gasteiger partial charge in [0.05, 0.1) is 0 Å². The minimum Gasteiger partial charge on any atom is -0.480 e. The highest BCUT2D eigenvalue weighted by atomic mass is 32.2. The third kappa shape index (κ3) is 3.34. The number of carboxylic acid groups (broad SMARTS) is 2. The number of rotatable bonds is 7. The Bertz CT molecular complexity index is 745. The molecule has 2 saturated heterocycles. The Morgan fingerprint density at radius 2 is 2.12 bits per heavy atom. The van der Waals surface area contributed by atoms with Crippen LogP contribution in [0.2, 0.25) is 0 Å². The Morgan fingerprint density at radius 1 is 1.46 bits per heavy atom. The van der Waals surface area contributed by atoms with Gasteiger partial charge in [0.1, 0.15) is 23.5 Å². The lowest BCUT2D eigenvalue weighted by Crippen LogP contribution is -2.70. The van der Waals surface area contributed by atoms with Gasteiger partial charge in [-0.2, -0.15) is 0 Å². The molecule has 134 valence electrons. The average molecular weight is 365 g/mol. The van der Waals surface area contributed by atoms with E-state index in [9.17, 15) is 24.3 Å². The van der Waals surface area contributed by atoms with Gasteiger partial charge in [0.2, 0.25) is 11.8 Å². The number of carbonyl (C=O) groups is 4. The maximum Gasteiger partial charge on any atom is 0.327 e. The van der Waals surface area contributed by atoms with Crippen LogP contribution in [0.3, 0.4) is 0 Å². The molecule has 2 fully saturated rings. The molecule has 2 amide bonds. The second kappa shape index (κ2) is 6.60. The summed E-state index contributed by atoms with van der Waals surface area (Å²) >= 11 is 0.332. The van der Waals surface area contributed by atoms with Gasteiger partial charge in [-0.1, -0.05) is 0 Å². The van der Waals surface area contributed by atoms with Crippen LogP contribution in [-0.2, 0) is 19.2 Å². The maximum absolute atomic E-state index is 12.5. The molecule has 2 rings (SSSR count). The summed E-state index contributed by atoms with van der Waals surface area (Å²) in [6, 6.07) is -4.56. The molecule has 24 heavy (non-hydrogen) atoms. The van der Waals surface area contributed by atoms with Crippen molar-refractivity contribution < 1.29 is 37.6 Å². The van der Waals surface area contributed by atoms with Gasteiger partial charge in [0, 0.05) is 19.4 Å². The molecule has 0 unspecified atom stereocenters. The molecule has 0 spiro atoms. The van der Waals surface area contributed by atoms with Crippen molar-refractivity contribution in [1.82, 2.24) is 10.2 Å². The molecule has 0 saturated carbocycles. The molecule has 0 aromatic carbocycles. The zero-order valence-electron chi connectivity index (χ0n) is 18.4. The zero-order valence-corrected chi connectivity index (χ0v) is 13.2. The van der Waals surface area contributed by atoms with Gasteiger partial charge in [-0.25, -0.2) is 4.79 Å². The summed E-state index contributed by atoms with van der Waals surface area (Å²) in [5, 5.41) is 19.4. The fraction of sp³-hybridized carbons (Fsp3) is 0.714. The highest BCUT2D eigenvalue weighted by Crippen LogP contribution is 2.50. The molecule has 0 aromatic heterocycles. The molecule has 10 heteroatoms. The Morgan fingerprint density at radius 3 is 2.67 bits per heavy atom. The summed E-state index contributed by atoms with van der Waals surface area (Å²) in [4.78, 5) is 47.7. The highest BCUT2D eigenvalue weighted by molar-refractivity contribution is 8.01. The van der Waals surface area contributed by atoms with Gasteiger partial charge < -0.3 is 26.2 Å². The van der Waals surface area contributed by atoms with E-state index in [1.807, 2.05) is 0 Å². The number of thioether (sulfide) groups is 1. The molecule has 0 aromatic rings. The van der Waals surface area contributed by atoms with Crippen LogP contribution < -0.4 is 11.1 Å².